The highest BCUT2D eigenvalue weighted by molar-refractivity contribution is 6.01. The van der Waals surface area contributed by atoms with Gasteiger partial charge in [0.2, 0.25) is 11.8 Å². The van der Waals surface area contributed by atoms with Crippen LogP contribution in [-0.4, -0.2) is 38.6 Å². The minimum absolute atomic E-state index is 0.0809. The van der Waals surface area contributed by atoms with Crippen molar-refractivity contribution in [2.24, 2.45) is 0 Å². The van der Waals surface area contributed by atoms with Crippen molar-refractivity contribution in [3.8, 4) is 0 Å². The van der Waals surface area contributed by atoms with Crippen molar-refractivity contribution in [3.05, 3.63) is 70.8 Å². The van der Waals surface area contributed by atoms with Gasteiger partial charge in [0.15, 0.2) is 5.79 Å². The number of carbonyl (C=O) groups excluding carboxylic acids is 2. The Hall–Kier alpha value is -2.96. The zero-order chi connectivity index (χ0) is 22.7. The van der Waals surface area contributed by atoms with Gasteiger partial charge in [0.05, 0.1) is 19.6 Å². The second kappa shape index (κ2) is 9.27. The number of likely N-dealkylation sites (N-methyl/N-ethyl adjacent to an activating group) is 1. The first kappa shape index (κ1) is 22.2. The summed E-state index contributed by atoms with van der Waals surface area (Å²) in [4.78, 5) is 26.0. The number of nitrogens with zero attached hydrogens (tertiary/aromatic N) is 1. The molecule has 2 aromatic rings. The number of ether oxygens (including phenoxy) is 2. The summed E-state index contributed by atoms with van der Waals surface area (Å²) in [5, 5.41) is 2.92. The molecule has 2 aromatic carbocycles. The van der Waals surface area contributed by atoms with Crippen LogP contribution in [0.5, 0.6) is 0 Å². The lowest BCUT2D eigenvalue weighted by atomic mass is 9.98. The quantitative estimate of drug-likeness (QED) is 0.674. The first-order valence-electron chi connectivity index (χ1n) is 11.1. The van der Waals surface area contributed by atoms with Crippen LogP contribution in [0, 0.1) is 0 Å². The molecule has 32 heavy (non-hydrogen) atoms. The summed E-state index contributed by atoms with van der Waals surface area (Å²) in [7, 11) is 1.79. The highest BCUT2D eigenvalue weighted by Gasteiger charge is 2.39. The summed E-state index contributed by atoms with van der Waals surface area (Å²) in [6.45, 7) is 5.71. The molecule has 0 bridgehead atoms. The second-order valence-corrected chi connectivity index (χ2v) is 8.62. The molecule has 2 aliphatic rings. The summed E-state index contributed by atoms with van der Waals surface area (Å²) >= 11 is 0. The molecule has 168 valence electrons. The van der Waals surface area contributed by atoms with Crippen molar-refractivity contribution >= 4 is 23.6 Å². The van der Waals surface area contributed by atoms with Crippen molar-refractivity contribution in [2.75, 3.05) is 31.7 Å². The fourth-order valence-electron chi connectivity index (χ4n) is 4.19. The monoisotopic (exact) mass is 434 g/mol. The molecule has 0 saturated carbocycles. The molecule has 0 aliphatic carbocycles. The van der Waals surface area contributed by atoms with Gasteiger partial charge in [-0.15, -0.1) is 0 Å². The van der Waals surface area contributed by atoms with Crippen LogP contribution in [0.3, 0.4) is 0 Å². The van der Waals surface area contributed by atoms with Crippen LogP contribution in [0.4, 0.5) is 5.69 Å². The van der Waals surface area contributed by atoms with Gasteiger partial charge in [-0.3, -0.25) is 9.59 Å². The summed E-state index contributed by atoms with van der Waals surface area (Å²) < 4.78 is 12.0. The molecule has 1 fully saturated rings. The minimum Gasteiger partial charge on any atom is -0.352 e. The first-order valence-corrected chi connectivity index (χ1v) is 11.1. The molecular formula is C26H30N2O4. The summed E-state index contributed by atoms with van der Waals surface area (Å²) in [5.41, 5.74) is 5.04. The molecule has 2 aliphatic heterocycles. The maximum atomic E-state index is 12.3. The van der Waals surface area contributed by atoms with Crippen molar-refractivity contribution < 1.29 is 19.1 Å². The fraction of sp³-hybridized carbons (Fsp3) is 0.385. The molecule has 0 unspecified atom stereocenters. The van der Waals surface area contributed by atoms with Crippen LogP contribution < -0.4 is 10.2 Å². The Balaban J connectivity index is 1.37. The molecule has 4 rings (SSSR count). The van der Waals surface area contributed by atoms with E-state index in [1.54, 1.807) is 18.0 Å². The van der Waals surface area contributed by atoms with Gasteiger partial charge < -0.3 is 19.7 Å². The third-order valence-corrected chi connectivity index (χ3v) is 6.13. The van der Waals surface area contributed by atoms with Gasteiger partial charge in [-0.05, 0) is 40.8 Å². The molecule has 0 aromatic heterocycles. The zero-order valence-corrected chi connectivity index (χ0v) is 18.9. The molecule has 2 amide bonds. The fourth-order valence-corrected chi connectivity index (χ4v) is 4.19. The summed E-state index contributed by atoms with van der Waals surface area (Å²) in [5.74, 6) is -0.497. The molecule has 6 nitrogen and oxygen atoms in total. The Morgan fingerprint density at radius 1 is 1.16 bits per heavy atom. The molecule has 0 atom stereocenters. The number of hydrogen-bond acceptors (Lipinski definition) is 4. The van der Waals surface area contributed by atoms with Gasteiger partial charge in [-0.25, -0.2) is 0 Å². The maximum Gasteiger partial charge on any atom is 0.244 e. The van der Waals surface area contributed by atoms with E-state index in [1.165, 1.54) is 5.56 Å². The average molecular weight is 435 g/mol. The van der Waals surface area contributed by atoms with Crippen molar-refractivity contribution in [1.29, 1.82) is 0 Å². The highest BCUT2D eigenvalue weighted by atomic mass is 16.7. The van der Waals surface area contributed by atoms with E-state index in [9.17, 15) is 9.59 Å². The van der Waals surface area contributed by atoms with Gasteiger partial charge in [0.25, 0.3) is 0 Å². The van der Waals surface area contributed by atoms with Crippen LogP contribution in [0.1, 0.15) is 48.4 Å². The van der Waals surface area contributed by atoms with Gasteiger partial charge in [-0.1, -0.05) is 44.2 Å². The standard InChI is InChI=1S/C26H30N2O4/c1-18(2)20-7-4-19(5-8-20)6-11-24(29)27-13-12-26(31-14-15-32-26)22-9-10-23-21(16-22)17-25(30)28(23)3/h4-11,16,18H,12-15,17H2,1-3H3,(H,27,29)/b11-6+. The first-order chi connectivity index (χ1) is 15.4. The van der Waals surface area contributed by atoms with Gasteiger partial charge in [0.1, 0.15) is 0 Å². The predicted molar refractivity (Wildman–Crippen MR) is 124 cm³/mol. The van der Waals surface area contributed by atoms with Crippen LogP contribution in [0.2, 0.25) is 0 Å². The molecule has 0 radical (unpaired) electrons. The van der Waals surface area contributed by atoms with Crippen LogP contribution in [0.25, 0.3) is 6.08 Å². The SMILES string of the molecule is CC(C)c1ccc(/C=C/C(=O)NCCC2(c3ccc4c(c3)CC(=O)N4C)OCCO2)cc1. The van der Waals surface area contributed by atoms with E-state index >= 15 is 0 Å². The second-order valence-electron chi connectivity index (χ2n) is 8.62. The lowest BCUT2D eigenvalue weighted by molar-refractivity contribution is -0.170. The number of anilines is 1. The number of hydrogen-bond donors (Lipinski definition) is 1. The Bertz CT molecular complexity index is 1020. The third-order valence-electron chi connectivity index (χ3n) is 6.13. The average Bonchev–Trinajstić information content (AvgIpc) is 3.37. The van der Waals surface area contributed by atoms with Crippen LogP contribution in [-0.2, 0) is 31.3 Å². The Morgan fingerprint density at radius 3 is 2.56 bits per heavy atom. The maximum absolute atomic E-state index is 12.3. The van der Waals surface area contributed by atoms with E-state index in [-0.39, 0.29) is 11.8 Å². The van der Waals surface area contributed by atoms with E-state index in [0.29, 0.717) is 38.5 Å². The van der Waals surface area contributed by atoms with E-state index in [4.69, 9.17) is 9.47 Å². The van der Waals surface area contributed by atoms with Crippen molar-refractivity contribution in [3.63, 3.8) is 0 Å². The van der Waals surface area contributed by atoms with Crippen LogP contribution in [0.15, 0.2) is 48.5 Å². The highest BCUT2D eigenvalue weighted by Crippen LogP contribution is 2.38. The molecule has 0 spiro atoms. The topological polar surface area (TPSA) is 67.9 Å². The smallest absolute Gasteiger partial charge is 0.244 e. The number of carbonyl (C=O) groups is 2. The minimum atomic E-state index is -0.900. The Kier molecular flexibility index (Phi) is 6.44. The van der Waals surface area contributed by atoms with E-state index in [0.717, 1.165) is 22.4 Å². The lowest BCUT2D eigenvalue weighted by Crippen LogP contribution is -2.33. The van der Waals surface area contributed by atoms with E-state index in [2.05, 4.69) is 31.3 Å². The number of fused-ring (bicyclic) bond motifs is 1. The molecule has 1 N–H and O–H groups in total. The molecule has 1 saturated heterocycles. The van der Waals surface area contributed by atoms with Gasteiger partial charge >= 0.3 is 0 Å². The Labute approximate surface area is 189 Å². The van der Waals surface area contributed by atoms with Crippen LogP contribution >= 0.6 is 0 Å². The van der Waals surface area contributed by atoms with E-state index in [1.807, 2.05) is 36.4 Å². The largest absolute Gasteiger partial charge is 0.352 e. The van der Waals surface area contributed by atoms with Crippen molar-refractivity contribution in [1.82, 2.24) is 5.32 Å². The zero-order valence-electron chi connectivity index (χ0n) is 18.9. The van der Waals surface area contributed by atoms with Gasteiger partial charge in [0, 0.05) is 37.3 Å². The normalized spacial score (nSPS) is 17.4. The summed E-state index contributed by atoms with van der Waals surface area (Å²) in [6, 6.07) is 14.1. The number of amides is 2. The lowest BCUT2D eigenvalue weighted by Gasteiger charge is -2.28. The van der Waals surface area contributed by atoms with Gasteiger partial charge in [-0.2, -0.15) is 0 Å². The third kappa shape index (κ3) is 4.61. The van der Waals surface area contributed by atoms with E-state index < -0.39 is 5.79 Å². The molecule has 6 heteroatoms. The Morgan fingerprint density at radius 2 is 1.88 bits per heavy atom. The number of benzene rings is 2. The predicted octanol–water partition coefficient (Wildman–Crippen LogP) is 3.75. The number of rotatable bonds is 7. The summed E-state index contributed by atoms with van der Waals surface area (Å²) in [6.07, 6.45) is 4.23. The van der Waals surface area contributed by atoms with Crippen molar-refractivity contribution in [2.45, 2.75) is 38.4 Å². The molecular weight excluding hydrogens is 404 g/mol. The molecule has 2 heterocycles. The number of nitrogens with one attached hydrogen (secondary N) is 1.